The van der Waals surface area contributed by atoms with Crippen LogP contribution in [0.1, 0.15) is 31.2 Å². The average molecular weight is 386 g/mol. The van der Waals surface area contributed by atoms with E-state index in [0.29, 0.717) is 11.8 Å². The number of likely N-dealkylation sites (tertiary alicyclic amines) is 1. The topological polar surface area (TPSA) is 42.4 Å². The number of aromatic nitrogens is 1. The Morgan fingerprint density at radius 1 is 1.00 bits per heavy atom. The van der Waals surface area contributed by atoms with E-state index in [-0.39, 0.29) is 6.10 Å². The van der Waals surface area contributed by atoms with Crippen LogP contribution in [-0.4, -0.2) is 35.0 Å². The molecule has 148 valence electrons. The predicted octanol–water partition coefficient (Wildman–Crippen LogP) is 4.99. The van der Waals surface area contributed by atoms with Crippen molar-refractivity contribution in [2.45, 2.75) is 38.7 Å². The number of benzene rings is 2. The number of hydrogen-bond acceptors (Lipinski definition) is 3. The molecular formula is C25H26N2O2. The third kappa shape index (κ3) is 3.84. The second-order valence-corrected chi connectivity index (χ2v) is 8.31. The number of para-hydroxylation sites is 1. The van der Waals surface area contributed by atoms with E-state index in [1.165, 1.54) is 5.56 Å². The van der Waals surface area contributed by atoms with Crippen molar-refractivity contribution in [3.63, 3.8) is 0 Å². The van der Waals surface area contributed by atoms with Gasteiger partial charge >= 0.3 is 0 Å². The Labute approximate surface area is 171 Å². The molecule has 0 N–H and O–H groups in total. The fourth-order valence-electron chi connectivity index (χ4n) is 4.17. The Kier molecular flexibility index (Phi) is 4.70. The van der Waals surface area contributed by atoms with Crippen molar-refractivity contribution in [1.29, 1.82) is 0 Å². The van der Waals surface area contributed by atoms with Crippen LogP contribution >= 0.6 is 0 Å². The zero-order chi connectivity index (χ0) is 19.8. The van der Waals surface area contributed by atoms with Gasteiger partial charge in [-0.3, -0.25) is 9.78 Å². The number of aryl methyl sites for hydroxylation is 1. The van der Waals surface area contributed by atoms with Crippen molar-refractivity contribution < 1.29 is 9.53 Å². The van der Waals surface area contributed by atoms with Crippen molar-refractivity contribution in [2.75, 3.05) is 13.1 Å². The molecule has 1 aliphatic heterocycles. The maximum absolute atomic E-state index is 12.2. The summed E-state index contributed by atoms with van der Waals surface area (Å²) in [6.45, 7) is 3.73. The molecule has 1 saturated heterocycles. The van der Waals surface area contributed by atoms with Crippen LogP contribution in [0.15, 0.2) is 54.7 Å². The van der Waals surface area contributed by atoms with E-state index in [9.17, 15) is 4.79 Å². The van der Waals surface area contributed by atoms with E-state index in [2.05, 4.69) is 48.3 Å². The van der Waals surface area contributed by atoms with E-state index in [1.54, 1.807) is 0 Å². The first-order chi connectivity index (χ1) is 14.2. The third-order valence-corrected chi connectivity index (χ3v) is 6.08. The second kappa shape index (κ2) is 7.51. The molecule has 4 heteroatoms. The molecule has 0 radical (unpaired) electrons. The number of piperidine rings is 1. The lowest BCUT2D eigenvalue weighted by molar-refractivity contribution is -0.134. The van der Waals surface area contributed by atoms with Gasteiger partial charge in [0, 0.05) is 49.0 Å². The Balaban J connectivity index is 1.23. The Morgan fingerprint density at radius 2 is 1.76 bits per heavy atom. The Hall–Kier alpha value is -2.88. The van der Waals surface area contributed by atoms with Crippen molar-refractivity contribution in [2.24, 2.45) is 5.92 Å². The first-order valence-electron chi connectivity index (χ1n) is 10.6. The van der Waals surface area contributed by atoms with Gasteiger partial charge in [0.05, 0.1) is 5.52 Å². The van der Waals surface area contributed by atoms with E-state index >= 15 is 0 Å². The third-order valence-electron chi connectivity index (χ3n) is 6.08. The number of carbonyl (C=O) groups is 1. The number of nitrogens with zero attached hydrogens (tertiary/aromatic N) is 2. The highest BCUT2D eigenvalue weighted by molar-refractivity contribution is 5.85. The van der Waals surface area contributed by atoms with Gasteiger partial charge in [0.25, 0.3) is 0 Å². The van der Waals surface area contributed by atoms with Crippen LogP contribution in [0.3, 0.4) is 0 Å². The number of ether oxygens (including phenoxy) is 1. The summed E-state index contributed by atoms with van der Waals surface area (Å²) >= 11 is 0. The molecule has 1 amide bonds. The standard InChI is InChI=1S/C25H26N2O2/c1-17-3-2-4-20-15-21(16-26-24(17)20)18-7-9-22(10-8-18)29-23-11-13-27(14-12-23)25(28)19-5-6-19/h2-4,7-10,15-16,19,23H,5-6,11-14H2,1H3. The van der Waals surface area contributed by atoms with E-state index in [0.717, 1.165) is 66.6 Å². The van der Waals surface area contributed by atoms with Gasteiger partial charge in [0.1, 0.15) is 11.9 Å². The minimum atomic E-state index is 0.189. The summed E-state index contributed by atoms with van der Waals surface area (Å²) in [4.78, 5) is 18.8. The number of hydrogen-bond donors (Lipinski definition) is 0. The van der Waals surface area contributed by atoms with Crippen molar-refractivity contribution in [3.8, 4) is 16.9 Å². The molecule has 1 aliphatic carbocycles. The van der Waals surface area contributed by atoms with Gasteiger partial charge in [0.2, 0.25) is 5.91 Å². The summed E-state index contributed by atoms with van der Waals surface area (Å²) in [5.74, 6) is 1.56. The highest BCUT2D eigenvalue weighted by atomic mass is 16.5. The first-order valence-corrected chi connectivity index (χ1v) is 10.6. The van der Waals surface area contributed by atoms with Crippen molar-refractivity contribution >= 4 is 16.8 Å². The van der Waals surface area contributed by atoms with Gasteiger partial charge < -0.3 is 9.64 Å². The van der Waals surface area contributed by atoms with Gasteiger partial charge in [-0.15, -0.1) is 0 Å². The van der Waals surface area contributed by atoms with Gasteiger partial charge in [-0.25, -0.2) is 0 Å². The molecule has 4 nitrogen and oxygen atoms in total. The maximum atomic E-state index is 12.2. The molecule has 5 rings (SSSR count). The van der Waals surface area contributed by atoms with Crippen LogP contribution in [-0.2, 0) is 4.79 Å². The molecule has 29 heavy (non-hydrogen) atoms. The minimum Gasteiger partial charge on any atom is -0.490 e. The summed E-state index contributed by atoms with van der Waals surface area (Å²) in [6, 6.07) is 16.7. The normalized spacial score (nSPS) is 17.5. The number of carbonyl (C=O) groups excluding carboxylic acids is 1. The lowest BCUT2D eigenvalue weighted by Gasteiger charge is -2.32. The summed E-state index contributed by atoms with van der Waals surface area (Å²) in [5.41, 5.74) is 4.50. The van der Waals surface area contributed by atoms with Gasteiger partial charge in [-0.2, -0.15) is 0 Å². The van der Waals surface area contributed by atoms with Crippen LogP contribution < -0.4 is 4.74 Å². The fraction of sp³-hybridized carbons (Fsp3) is 0.360. The Morgan fingerprint density at radius 3 is 2.48 bits per heavy atom. The van der Waals surface area contributed by atoms with E-state index < -0.39 is 0 Å². The summed E-state index contributed by atoms with van der Waals surface area (Å²) in [5, 5.41) is 1.16. The molecule has 3 aromatic rings. The first kappa shape index (κ1) is 18.2. The van der Waals surface area contributed by atoms with Crippen LogP contribution in [0.25, 0.3) is 22.0 Å². The highest BCUT2D eigenvalue weighted by Crippen LogP contribution is 2.32. The zero-order valence-electron chi connectivity index (χ0n) is 16.8. The fourth-order valence-corrected chi connectivity index (χ4v) is 4.17. The molecule has 2 aliphatic rings. The summed E-state index contributed by atoms with van der Waals surface area (Å²) in [6.07, 6.45) is 6.11. The molecule has 0 spiro atoms. The molecule has 0 atom stereocenters. The van der Waals surface area contributed by atoms with E-state index in [1.807, 2.05) is 23.2 Å². The highest BCUT2D eigenvalue weighted by Gasteiger charge is 2.35. The van der Waals surface area contributed by atoms with Crippen LogP contribution in [0, 0.1) is 12.8 Å². The molecule has 2 aromatic carbocycles. The summed E-state index contributed by atoms with van der Waals surface area (Å²) < 4.78 is 6.18. The van der Waals surface area contributed by atoms with Crippen LogP contribution in [0.5, 0.6) is 5.75 Å². The maximum Gasteiger partial charge on any atom is 0.225 e. The molecule has 0 unspecified atom stereocenters. The monoisotopic (exact) mass is 386 g/mol. The number of amides is 1. The second-order valence-electron chi connectivity index (χ2n) is 8.31. The van der Waals surface area contributed by atoms with E-state index in [4.69, 9.17) is 4.74 Å². The number of rotatable bonds is 4. The van der Waals surface area contributed by atoms with Crippen molar-refractivity contribution in [1.82, 2.24) is 9.88 Å². The molecule has 2 fully saturated rings. The van der Waals surface area contributed by atoms with Gasteiger partial charge in [-0.05, 0) is 49.1 Å². The number of pyridine rings is 1. The van der Waals surface area contributed by atoms with Crippen LogP contribution in [0.4, 0.5) is 0 Å². The SMILES string of the molecule is Cc1cccc2cc(-c3ccc(OC4CCN(C(=O)C5CC5)CC4)cc3)cnc12. The number of fused-ring (bicyclic) bond motifs is 1. The summed E-state index contributed by atoms with van der Waals surface area (Å²) in [7, 11) is 0. The molecule has 2 heterocycles. The Bertz CT molecular complexity index is 1030. The van der Waals surface area contributed by atoms with Gasteiger partial charge in [0.15, 0.2) is 0 Å². The van der Waals surface area contributed by atoms with Gasteiger partial charge in [-0.1, -0.05) is 30.3 Å². The molecule has 0 bridgehead atoms. The minimum absolute atomic E-state index is 0.189. The lowest BCUT2D eigenvalue weighted by atomic mass is 10.0. The quantitative estimate of drug-likeness (QED) is 0.634. The molecule has 1 aromatic heterocycles. The van der Waals surface area contributed by atoms with Crippen LogP contribution in [0.2, 0.25) is 0 Å². The smallest absolute Gasteiger partial charge is 0.225 e. The molecular weight excluding hydrogens is 360 g/mol. The lowest BCUT2D eigenvalue weighted by Crippen LogP contribution is -2.42. The average Bonchev–Trinajstić information content (AvgIpc) is 3.60. The predicted molar refractivity (Wildman–Crippen MR) is 115 cm³/mol. The molecule has 1 saturated carbocycles. The largest absolute Gasteiger partial charge is 0.490 e. The van der Waals surface area contributed by atoms with Crippen molar-refractivity contribution in [3.05, 3.63) is 60.3 Å². The zero-order valence-corrected chi connectivity index (χ0v) is 16.8.